The number of hydrogen-bond donors (Lipinski definition) is 0. The van der Waals surface area contributed by atoms with Crippen LogP contribution >= 0.6 is 0 Å². The highest BCUT2D eigenvalue weighted by atomic mass is 19.4. The smallest absolute Gasteiger partial charge is 0.265 e. The molecule has 1 aromatic heterocycles. The van der Waals surface area contributed by atoms with Gasteiger partial charge in [-0.05, 0) is 36.6 Å². The fourth-order valence-electron chi connectivity index (χ4n) is 3.32. The molecule has 0 saturated heterocycles. The van der Waals surface area contributed by atoms with E-state index in [2.05, 4.69) is 15.1 Å². The van der Waals surface area contributed by atoms with Crippen molar-refractivity contribution < 1.29 is 18.0 Å². The van der Waals surface area contributed by atoms with Gasteiger partial charge in [0.05, 0.1) is 16.8 Å². The molecule has 2 heterocycles. The maximum Gasteiger partial charge on any atom is 0.416 e. The predicted octanol–water partition coefficient (Wildman–Crippen LogP) is 4.55. The molecule has 0 fully saturated rings. The van der Waals surface area contributed by atoms with Gasteiger partial charge in [-0.2, -0.15) is 18.3 Å². The Labute approximate surface area is 161 Å². The summed E-state index contributed by atoms with van der Waals surface area (Å²) >= 11 is 0. The molecule has 0 spiro atoms. The van der Waals surface area contributed by atoms with Gasteiger partial charge >= 0.3 is 6.18 Å². The summed E-state index contributed by atoms with van der Waals surface area (Å²) in [4.78, 5) is 20.9. The second-order valence-electron chi connectivity index (χ2n) is 7.18. The lowest BCUT2D eigenvalue weighted by molar-refractivity contribution is -0.137. The second kappa shape index (κ2) is 7.33. The van der Waals surface area contributed by atoms with Crippen molar-refractivity contribution in [3.8, 4) is 0 Å². The van der Waals surface area contributed by atoms with E-state index in [0.717, 1.165) is 18.6 Å². The van der Waals surface area contributed by atoms with Crippen molar-refractivity contribution in [1.29, 1.82) is 0 Å². The molecule has 0 aliphatic carbocycles. The Balaban J connectivity index is 1.98. The van der Waals surface area contributed by atoms with Crippen LogP contribution in [0.3, 0.4) is 0 Å². The van der Waals surface area contributed by atoms with Crippen LogP contribution in [0.4, 0.5) is 13.2 Å². The number of benzene rings is 1. The molecule has 0 radical (unpaired) electrons. The average molecular weight is 390 g/mol. The van der Waals surface area contributed by atoms with E-state index in [4.69, 9.17) is 0 Å². The van der Waals surface area contributed by atoms with Gasteiger partial charge in [0.15, 0.2) is 0 Å². The fourth-order valence-corrected chi connectivity index (χ4v) is 3.32. The molecular weight excluding hydrogens is 369 g/mol. The van der Waals surface area contributed by atoms with Crippen molar-refractivity contribution in [3.05, 3.63) is 59.7 Å². The Hall–Kier alpha value is -2.77. The summed E-state index contributed by atoms with van der Waals surface area (Å²) in [7, 11) is 0. The molecule has 2 atom stereocenters. The molecule has 3 rings (SSSR count). The highest BCUT2D eigenvalue weighted by Gasteiger charge is 2.46. The van der Waals surface area contributed by atoms with Gasteiger partial charge < -0.3 is 0 Å². The third-order valence-corrected chi connectivity index (χ3v) is 5.44. The lowest BCUT2D eigenvalue weighted by Gasteiger charge is -2.37. The highest BCUT2D eigenvalue weighted by molar-refractivity contribution is 6.05. The van der Waals surface area contributed by atoms with Gasteiger partial charge in [0.1, 0.15) is 12.0 Å². The molecule has 0 bridgehead atoms. The summed E-state index contributed by atoms with van der Waals surface area (Å²) in [6.45, 7) is 6.01. The monoisotopic (exact) mass is 390 g/mol. The number of amides is 1. The van der Waals surface area contributed by atoms with Gasteiger partial charge in [0, 0.05) is 12.6 Å². The topological polar surface area (TPSA) is 58.5 Å². The number of alkyl halides is 3. The van der Waals surface area contributed by atoms with Gasteiger partial charge in [0.2, 0.25) is 0 Å². The number of carbonyl (C=O) groups excluding carboxylic acids is 1. The summed E-state index contributed by atoms with van der Waals surface area (Å²) in [5.41, 5.74) is 0.0595. The number of hydrogen-bond acceptors (Lipinski definition) is 4. The molecule has 1 aromatic carbocycles. The Kier molecular flexibility index (Phi) is 5.23. The first kappa shape index (κ1) is 20.0. The number of carbonyl (C=O) groups is 1. The molecule has 0 N–H and O–H groups in total. The molecule has 148 valence electrons. The van der Waals surface area contributed by atoms with Crippen LogP contribution in [0.5, 0.6) is 0 Å². The van der Waals surface area contributed by atoms with Crippen LogP contribution in [0, 0.1) is 5.92 Å². The van der Waals surface area contributed by atoms with Crippen molar-refractivity contribution in [2.24, 2.45) is 11.0 Å². The molecule has 2 unspecified atom stereocenters. The van der Waals surface area contributed by atoms with Crippen LogP contribution in [0.2, 0.25) is 0 Å². The lowest BCUT2D eigenvalue weighted by Crippen LogP contribution is -2.48. The molecule has 5 nitrogen and oxygen atoms in total. The standard InChI is InChI=1S/C20H21F3N4O/c1-4-13(2)19(3)11-17(14-5-7-15(8-6-14)20(21,22)23)26-27(19)18(28)16-9-10-24-12-25-16/h5-10,12-13H,4,11H2,1-3H3. The van der Waals surface area contributed by atoms with Gasteiger partial charge in [-0.3, -0.25) is 4.79 Å². The molecule has 1 aliphatic rings. The number of halogens is 3. The second-order valence-corrected chi connectivity index (χ2v) is 7.18. The first-order valence-corrected chi connectivity index (χ1v) is 9.02. The number of hydrazone groups is 1. The average Bonchev–Trinajstić information content (AvgIpc) is 3.05. The van der Waals surface area contributed by atoms with Crippen LogP contribution in [-0.4, -0.2) is 32.1 Å². The lowest BCUT2D eigenvalue weighted by atomic mass is 9.80. The van der Waals surface area contributed by atoms with Crippen molar-refractivity contribution >= 4 is 11.6 Å². The quantitative estimate of drug-likeness (QED) is 0.770. The van der Waals surface area contributed by atoms with Crippen LogP contribution in [0.25, 0.3) is 0 Å². The van der Waals surface area contributed by atoms with Crippen LogP contribution < -0.4 is 0 Å². The SMILES string of the molecule is CCC(C)C1(C)CC(c2ccc(C(F)(F)F)cc2)=NN1C(=O)c1ccncn1. The van der Waals surface area contributed by atoms with Gasteiger partial charge in [-0.15, -0.1) is 0 Å². The summed E-state index contributed by atoms with van der Waals surface area (Å²) in [6, 6.07) is 6.39. The molecule has 1 aliphatic heterocycles. The summed E-state index contributed by atoms with van der Waals surface area (Å²) in [6.07, 6.45) is -0.345. The Morgan fingerprint density at radius 3 is 2.46 bits per heavy atom. The Bertz CT molecular complexity index is 881. The van der Waals surface area contributed by atoms with E-state index >= 15 is 0 Å². The summed E-state index contributed by atoms with van der Waals surface area (Å²) in [5.74, 6) is -0.235. The Morgan fingerprint density at radius 2 is 1.93 bits per heavy atom. The van der Waals surface area contributed by atoms with E-state index < -0.39 is 17.3 Å². The van der Waals surface area contributed by atoms with E-state index in [-0.39, 0.29) is 17.5 Å². The zero-order valence-electron chi connectivity index (χ0n) is 15.9. The number of rotatable bonds is 4. The third-order valence-electron chi connectivity index (χ3n) is 5.44. The maximum absolute atomic E-state index is 13.0. The van der Waals surface area contributed by atoms with Crippen LogP contribution in [0.15, 0.2) is 48.0 Å². The van der Waals surface area contributed by atoms with E-state index in [1.807, 2.05) is 20.8 Å². The first-order chi connectivity index (χ1) is 13.2. The van der Waals surface area contributed by atoms with Gasteiger partial charge in [-0.1, -0.05) is 32.4 Å². The fraction of sp³-hybridized carbons (Fsp3) is 0.400. The normalized spacial score (nSPS) is 20.8. The molecule has 1 amide bonds. The van der Waals surface area contributed by atoms with Crippen LogP contribution in [0.1, 0.15) is 55.2 Å². The highest BCUT2D eigenvalue weighted by Crippen LogP contribution is 2.39. The largest absolute Gasteiger partial charge is 0.416 e. The predicted molar refractivity (Wildman–Crippen MR) is 98.7 cm³/mol. The maximum atomic E-state index is 13.0. The number of nitrogens with zero attached hydrogens (tertiary/aromatic N) is 4. The molecule has 28 heavy (non-hydrogen) atoms. The summed E-state index contributed by atoms with van der Waals surface area (Å²) in [5, 5.41) is 5.93. The van der Waals surface area contributed by atoms with E-state index in [9.17, 15) is 18.0 Å². The number of aromatic nitrogens is 2. The minimum atomic E-state index is -4.39. The molecule has 8 heteroatoms. The molecule has 0 saturated carbocycles. The Morgan fingerprint density at radius 1 is 1.25 bits per heavy atom. The van der Waals surface area contributed by atoms with Gasteiger partial charge in [0.25, 0.3) is 5.91 Å². The minimum Gasteiger partial charge on any atom is -0.265 e. The van der Waals surface area contributed by atoms with Crippen LogP contribution in [-0.2, 0) is 6.18 Å². The zero-order chi connectivity index (χ0) is 20.5. The zero-order valence-corrected chi connectivity index (χ0v) is 15.9. The summed E-state index contributed by atoms with van der Waals surface area (Å²) < 4.78 is 38.5. The van der Waals surface area contributed by atoms with E-state index in [0.29, 0.717) is 17.7 Å². The molecular formula is C20H21F3N4O. The van der Waals surface area contributed by atoms with Gasteiger partial charge in [-0.25, -0.2) is 15.0 Å². The van der Waals surface area contributed by atoms with Crippen molar-refractivity contribution in [2.75, 3.05) is 0 Å². The molecule has 2 aromatic rings. The minimum absolute atomic E-state index is 0.119. The van der Waals surface area contributed by atoms with Crippen molar-refractivity contribution in [2.45, 2.75) is 45.3 Å². The third kappa shape index (κ3) is 3.63. The van der Waals surface area contributed by atoms with Crippen molar-refractivity contribution in [3.63, 3.8) is 0 Å². The first-order valence-electron chi connectivity index (χ1n) is 9.02. The van der Waals surface area contributed by atoms with Crippen molar-refractivity contribution in [1.82, 2.24) is 15.0 Å². The van der Waals surface area contributed by atoms with E-state index in [1.165, 1.54) is 35.7 Å². The van der Waals surface area contributed by atoms with E-state index in [1.54, 1.807) is 0 Å².